The highest BCUT2D eigenvalue weighted by Gasteiger charge is 2.37. The Bertz CT molecular complexity index is 1180. The third-order valence-electron chi connectivity index (χ3n) is 6.48. The molecule has 2 amide bonds. The molecule has 0 radical (unpaired) electrons. The smallest absolute Gasteiger partial charge is 0.248 e. The molecular formula is C28H31FN2O4S. The fourth-order valence-electron chi connectivity index (χ4n) is 4.68. The third kappa shape index (κ3) is 5.87. The average Bonchev–Trinajstić information content (AvgIpc) is 3.41. The van der Waals surface area contributed by atoms with Gasteiger partial charge in [0.15, 0.2) is 0 Å². The molecule has 1 heterocycles. The predicted molar refractivity (Wildman–Crippen MR) is 139 cm³/mol. The van der Waals surface area contributed by atoms with E-state index in [1.54, 1.807) is 30.3 Å². The summed E-state index contributed by atoms with van der Waals surface area (Å²) < 4.78 is 26.2. The van der Waals surface area contributed by atoms with Gasteiger partial charge in [0.2, 0.25) is 11.8 Å². The summed E-state index contributed by atoms with van der Waals surface area (Å²) in [5.74, 6) is -0.412. The van der Waals surface area contributed by atoms with Gasteiger partial charge in [-0.3, -0.25) is 14.5 Å². The van der Waals surface area contributed by atoms with E-state index >= 15 is 4.39 Å². The first kappa shape index (κ1) is 25.7. The van der Waals surface area contributed by atoms with Crippen LogP contribution in [0.15, 0.2) is 60.0 Å². The Morgan fingerprint density at radius 2 is 1.83 bits per heavy atom. The SMILES string of the molecule is COc1ccc(C(C(=O)NC2CCCCC2)N(C(=O)Cc2cccs2)c2ccccc2F)c(OC)c1. The zero-order valence-electron chi connectivity index (χ0n) is 20.5. The fraction of sp³-hybridized carbons (Fsp3) is 0.357. The number of methoxy groups -OCH3 is 2. The van der Waals surface area contributed by atoms with Gasteiger partial charge in [-0.05, 0) is 48.6 Å². The van der Waals surface area contributed by atoms with Crippen LogP contribution in [0.2, 0.25) is 0 Å². The van der Waals surface area contributed by atoms with Crippen LogP contribution in [0.25, 0.3) is 0 Å². The van der Waals surface area contributed by atoms with E-state index in [0.717, 1.165) is 37.0 Å². The van der Waals surface area contributed by atoms with Gasteiger partial charge in [-0.15, -0.1) is 11.3 Å². The highest BCUT2D eigenvalue weighted by molar-refractivity contribution is 7.10. The minimum Gasteiger partial charge on any atom is -0.497 e. The normalized spacial score (nSPS) is 14.6. The van der Waals surface area contributed by atoms with Crippen molar-refractivity contribution in [1.29, 1.82) is 0 Å². The maximum Gasteiger partial charge on any atom is 0.248 e. The van der Waals surface area contributed by atoms with Gasteiger partial charge in [-0.1, -0.05) is 37.5 Å². The number of rotatable bonds is 9. The molecule has 1 fully saturated rings. The Morgan fingerprint density at radius 3 is 2.50 bits per heavy atom. The van der Waals surface area contributed by atoms with Crippen molar-refractivity contribution < 1.29 is 23.5 Å². The minimum absolute atomic E-state index is 0.00728. The molecule has 1 aromatic heterocycles. The lowest BCUT2D eigenvalue weighted by Gasteiger charge is -2.34. The summed E-state index contributed by atoms with van der Waals surface area (Å²) in [6, 6.07) is 13.7. The van der Waals surface area contributed by atoms with Crippen molar-refractivity contribution in [3.63, 3.8) is 0 Å². The fourth-order valence-corrected chi connectivity index (χ4v) is 5.38. The molecule has 1 aliphatic carbocycles. The van der Waals surface area contributed by atoms with Crippen molar-refractivity contribution in [3.05, 3.63) is 76.2 Å². The van der Waals surface area contributed by atoms with Crippen LogP contribution in [0.1, 0.15) is 48.6 Å². The molecule has 1 N–H and O–H groups in total. The Labute approximate surface area is 215 Å². The van der Waals surface area contributed by atoms with Crippen LogP contribution in [-0.4, -0.2) is 32.1 Å². The van der Waals surface area contributed by atoms with E-state index in [9.17, 15) is 9.59 Å². The summed E-state index contributed by atoms with van der Waals surface area (Å²) in [5.41, 5.74) is 0.495. The lowest BCUT2D eigenvalue weighted by atomic mass is 9.94. The zero-order valence-corrected chi connectivity index (χ0v) is 21.4. The Kier molecular flexibility index (Phi) is 8.59. The molecule has 1 saturated carbocycles. The topological polar surface area (TPSA) is 67.9 Å². The summed E-state index contributed by atoms with van der Waals surface area (Å²) in [6.45, 7) is 0. The number of amides is 2. The molecule has 1 atom stereocenters. The van der Waals surface area contributed by atoms with Crippen LogP contribution in [0.5, 0.6) is 11.5 Å². The largest absolute Gasteiger partial charge is 0.497 e. The number of benzene rings is 2. The Balaban J connectivity index is 1.83. The van der Waals surface area contributed by atoms with Gasteiger partial charge in [-0.2, -0.15) is 0 Å². The maximum absolute atomic E-state index is 15.2. The van der Waals surface area contributed by atoms with Crippen molar-refractivity contribution >= 4 is 28.8 Å². The van der Waals surface area contributed by atoms with Gasteiger partial charge >= 0.3 is 0 Å². The van der Waals surface area contributed by atoms with Crippen molar-refractivity contribution in [1.82, 2.24) is 5.32 Å². The maximum atomic E-state index is 15.2. The number of ether oxygens (including phenoxy) is 2. The van der Waals surface area contributed by atoms with Crippen molar-refractivity contribution in [3.8, 4) is 11.5 Å². The predicted octanol–water partition coefficient (Wildman–Crippen LogP) is 5.67. The van der Waals surface area contributed by atoms with Gasteiger partial charge in [0, 0.05) is 22.5 Å². The number of halogens is 1. The summed E-state index contributed by atoms with van der Waals surface area (Å²) >= 11 is 1.44. The Hall–Kier alpha value is -3.39. The lowest BCUT2D eigenvalue weighted by Crippen LogP contribution is -2.48. The van der Waals surface area contributed by atoms with Crippen molar-refractivity contribution in [2.24, 2.45) is 0 Å². The summed E-state index contributed by atoms with van der Waals surface area (Å²) in [4.78, 5) is 29.9. The number of hydrogen-bond donors (Lipinski definition) is 1. The monoisotopic (exact) mass is 510 g/mol. The van der Waals surface area contributed by atoms with Crippen molar-refractivity contribution in [2.75, 3.05) is 19.1 Å². The number of anilines is 1. The van der Waals surface area contributed by atoms with Crippen LogP contribution >= 0.6 is 11.3 Å². The molecule has 1 aliphatic rings. The van der Waals surface area contributed by atoms with Crippen LogP contribution in [0.4, 0.5) is 10.1 Å². The number of nitrogens with zero attached hydrogens (tertiary/aromatic N) is 1. The van der Waals surface area contributed by atoms with E-state index in [2.05, 4.69) is 5.32 Å². The number of carbonyl (C=O) groups excluding carboxylic acids is 2. The third-order valence-corrected chi connectivity index (χ3v) is 7.36. The van der Waals surface area contributed by atoms with Gasteiger partial charge in [0.1, 0.15) is 23.4 Å². The molecule has 3 aromatic rings. The van der Waals surface area contributed by atoms with Gasteiger partial charge in [0.25, 0.3) is 0 Å². The number of nitrogens with one attached hydrogen (secondary N) is 1. The molecule has 8 heteroatoms. The quantitative estimate of drug-likeness (QED) is 0.403. The first-order valence-electron chi connectivity index (χ1n) is 12.1. The molecule has 2 aromatic carbocycles. The highest BCUT2D eigenvalue weighted by atomic mass is 32.1. The Morgan fingerprint density at radius 1 is 1.06 bits per heavy atom. The standard InChI is InChI=1S/C28H31FN2O4S/c1-34-20-14-15-22(25(17-20)35-2)27(28(33)30-19-9-4-3-5-10-19)31(24-13-7-6-12-23(24)29)26(32)18-21-11-8-16-36-21/h6-8,11-17,19,27H,3-5,9-10,18H2,1-2H3,(H,30,33). The molecule has 0 spiro atoms. The van der Waals surface area contributed by atoms with E-state index in [4.69, 9.17) is 9.47 Å². The minimum atomic E-state index is -1.14. The van der Waals surface area contributed by atoms with E-state index in [1.807, 2.05) is 17.5 Å². The van der Waals surface area contributed by atoms with Crippen LogP contribution in [-0.2, 0) is 16.0 Å². The molecule has 0 saturated heterocycles. The second kappa shape index (κ2) is 12.0. The van der Waals surface area contributed by atoms with Crippen LogP contribution < -0.4 is 19.7 Å². The molecule has 190 valence electrons. The number of para-hydroxylation sites is 1. The second-order valence-corrected chi connectivity index (χ2v) is 9.86. The van der Waals surface area contributed by atoms with E-state index in [0.29, 0.717) is 17.1 Å². The van der Waals surface area contributed by atoms with Crippen LogP contribution in [0.3, 0.4) is 0 Å². The van der Waals surface area contributed by atoms with Gasteiger partial charge in [-0.25, -0.2) is 4.39 Å². The van der Waals surface area contributed by atoms with E-state index in [-0.39, 0.29) is 30.0 Å². The summed E-state index contributed by atoms with van der Waals surface area (Å²) in [7, 11) is 3.03. The van der Waals surface area contributed by atoms with Gasteiger partial charge < -0.3 is 14.8 Å². The van der Waals surface area contributed by atoms with E-state index in [1.165, 1.54) is 42.6 Å². The first-order valence-corrected chi connectivity index (χ1v) is 13.0. The van der Waals surface area contributed by atoms with Crippen LogP contribution in [0, 0.1) is 5.82 Å². The average molecular weight is 511 g/mol. The van der Waals surface area contributed by atoms with Gasteiger partial charge in [0.05, 0.1) is 26.3 Å². The lowest BCUT2D eigenvalue weighted by molar-refractivity contribution is -0.127. The number of carbonyl (C=O) groups is 2. The molecule has 0 bridgehead atoms. The molecule has 0 aliphatic heterocycles. The van der Waals surface area contributed by atoms with E-state index < -0.39 is 11.9 Å². The molecule has 1 unspecified atom stereocenters. The summed E-state index contributed by atoms with van der Waals surface area (Å²) in [5, 5.41) is 5.03. The number of hydrogen-bond acceptors (Lipinski definition) is 5. The molecular weight excluding hydrogens is 479 g/mol. The molecule has 4 rings (SSSR count). The van der Waals surface area contributed by atoms with Crippen molar-refractivity contribution in [2.45, 2.75) is 50.6 Å². The zero-order chi connectivity index (χ0) is 25.5. The first-order chi connectivity index (χ1) is 17.5. The molecule has 36 heavy (non-hydrogen) atoms. The summed E-state index contributed by atoms with van der Waals surface area (Å²) in [6.07, 6.45) is 5.01. The number of thiophene rings is 1. The molecule has 6 nitrogen and oxygen atoms in total. The second-order valence-electron chi connectivity index (χ2n) is 8.83. The highest BCUT2D eigenvalue weighted by Crippen LogP contribution is 2.37.